The molecule has 254 valence electrons. The van der Waals surface area contributed by atoms with E-state index in [2.05, 4.69) is 42.6 Å². The molecule has 0 spiro atoms. The van der Waals surface area contributed by atoms with Crippen LogP contribution in [0.15, 0.2) is 76.2 Å². The Morgan fingerprint density at radius 3 is 2.43 bits per heavy atom. The Hall–Kier alpha value is -5.42. The third-order valence-corrected chi connectivity index (χ3v) is 8.65. The van der Waals surface area contributed by atoms with Crippen LogP contribution in [0.3, 0.4) is 0 Å². The highest BCUT2D eigenvalue weighted by molar-refractivity contribution is 6.00. The van der Waals surface area contributed by atoms with Gasteiger partial charge < -0.3 is 14.2 Å². The molecule has 14 heteroatoms. The Morgan fingerprint density at radius 2 is 1.78 bits per heavy atom. The minimum Gasteiger partial charge on any atom is -0.439 e. The first-order valence-corrected chi connectivity index (χ1v) is 15.8. The fourth-order valence-corrected chi connectivity index (χ4v) is 6.37. The van der Waals surface area contributed by atoms with E-state index in [0.717, 1.165) is 35.4 Å². The molecule has 1 N–H and O–H groups in total. The zero-order chi connectivity index (χ0) is 35.1. The molecular weight excluding hydrogens is 637 g/mol. The van der Waals surface area contributed by atoms with Crippen molar-refractivity contribution in [2.24, 2.45) is 7.05 Å². The predicted molar refractivity (Wildman–Crippen MR) is 174 cm³/mol. The summed E-state index contributed by atoms with van der Waals surface area (Å²) in [5, 5.41) is 16.7. The Morgan fingerprint density at radius 1 is 1.06 bits per heavy atom. The molecule has 0 unspecified atom stereocenters. The van der Waals surface area contributed by atoms with E-state index in [-0.39, 0.29) is 28.9 Å². The number of oxazole rings is 1. The van der Waals surface area contributed by atoms with E-state index < -0.39 is 23.2 Å². The fraction of sp³-hybridized carbons (Fsp3) is 0.343. The SMILES string of the molecule is Cn1c(-c2ccnn2-c2ccc(C#N)cc2)c(C(=O)NC2CCC(c3ncc(C[N+](C)(C)C)o3)CC2)c(=O)n1-c1cccc(C(F)(F)F)c1. The Balaban J connectivity index is 1.33. The highest BCUT2D eigenvalue weighted by Crippen LogP contribution is 2.34. The van der Waals surface area contributed by atoms with Crippen molar-refractivity contribution in [2.75, 3.05) is 21.1 Å². The van der Waals surface area contributed by atoms with Gasteiger partial charge in [-0.15, -0.1) is 0 Å². The van der Waals surface area contributed by atoms with E-state index in [0.29, 0.717) is 46.7 Å². The van der Waals surface area contributed by atoms with Gasteiger partial charge in [0, 0.05) is 19.0 Å². The molecule has 49 heavy (non-hydrogen) atoms. The van der Waals surface area contributed by atoms with Crippen LogP contribution < -0.4 is 10.9 Å². The Bertz CT molecular complexity index is 2080. The Labute approximate surface area is 280 Å². The number of rotatable bonds is 8. The number of hydrogen-bond acceptors (Lipinski definition) is 6. The van der Waals surface area contributed by atoms with Crippen LogP contribution in [0.25, 0.3) is 22.8 Å². The number of nitrogens with zero attached hydrogens (tertiary/aromatic N) is 7. The summed E-state index contributed by atoms with van der Waals surface area (Å²) >= 11 is 0. The van der Waals surface area contributed by atoms with Gasteiger partial charge in [0.15, 0.2) is 11.7 Å². The first kappa shape index (κ1) is 33.5. The summed E-state index contributed by atoms with van der Waals surface area (Å²) in [7, 11) is 7.73. The number of nitriles is 1. The second kappa shape index (κ2) is 12.9. The van der Waals surface area contributed by atoms with Crippen molar-refractivity contribution < 1.29 is 26.9 Å². The first-order valence-electron chi connectivity index (χ1n) is 15.8. The van der Waals surface area contributed by atoms with Crippen molar-refractivity contribution in [2.45, 2.75) is 50.4 Å². The van der Waals surface area contributed by atoms with E-state index >= 15 is 0 Å². The van der Waals surface area contributed by atoms with E-state index in [9.17, 15) is 28.0 Å². The van der Waals surface area contributed by atoms with E-state index in [4.69, 9.17) is 4.42 Å². The average molecular weight is 674 g/mol. The molecule has 3 aromatic heterocycles. The molecule has 6 rings (SSSR count). The van der Waals surface area contributed by atoms with Gasteiger partial charge in [-0.25, -0.2) is 14.3 Å². The van der Waals surface area contributed by atoms with Crippen molar-refractivity contribution in [3.05, 3.63) is 106 Å². The maximum Gasteiger partial charge on any atom is 0.416 e. The van der Waals surface area contributed by atoms with Crippen molar-refractivity contribution in [3.63, 3.8) is 0 Å². The number of carbonyl (C=O) groups is 1. The number of carbonyl (C=O) groups excluding carboxylic acids is 1. The summed E-state index contributed by atoms with van der Waals surface area (Å²) in [5.74, 6) is 0.950. The zero-order valence-corrected chi connectivity index (χ0v) is 27.5. The average Bonchev–Trinajstić information content (AvgIpc) is 3.78. The predicted octanol–water partition coefficient (Wildman–Crippen LogP) is 5.57. The van der Waals surface area contributed by atoms with Crippen LogP contribution in [0, 0.1) is 11.3 Å². The highest BCUT2D eigenvalue weighted by Gasteiger charge is 2.34. The molecule has 5 aromatic rings. The minimum atomic E-state index is -4.64. The van der Waals surface area contributed by atoms with E-state index in [1.807, 2.05) is 0 Å². The van der Waals surface area contributed by atoms with Gasteiger partial charge in [0.25, 0.3) is 11.5 Å². The highest BCUT2D eigenvalue weighted by atomic mass is 19.4. The molecule has 3 heterocycles. The largest absolute Gasteiger partial charge is 0.439 e. The van der Waals surface area contributed by atoms with Crippen molar-refractivity contribution >= 4 is 5.91 Å². The second-order valence-corrected chi connectivity index (χ2v) is 13.3. The monoisotopic (exact) mass is 673 g/mol. The van der Waals surface area contributed by atoms with Crippen LogP contribution in [0.5, 0.6) is 0 Å². The number of hydrogen-bond donors (Lipinski definition) is 1. The van der Waals surface area contributed by atoms with Crippen LogP contribution in [0.1, 0.15) is 64.7 Å². The van der Waals surface area contributed by atoms with Gasteiger partial charge in [0.05, 0.1) is 67.8 Å². The number of aromatic nitrogens is 5. The van der Waals surface area contributed by atoms with Gasteiger partial charge >= 0.3 is 6.18 Å². The molecule has 1 saturated carbocycles. The number of alkyl halides is 3. The number of benzene rings is 2. The summed E-state index contributed by atoms with van der Waals surface area (Å²) in [6.07, 6.45) is 1.30. The molecule has 11 nitrogen and oxygen atoms in total. The molecular formula is C35H36F3N8O3+. The molecule has 1 amide bonds. The molecule has 1 aliphatic carbocycles. The third-order valence-electron chi connectivity index (χ3n) is 8.65. The fourth-order valence-electron chi connectivity index (χ4n) is 6.37. The molecule has 0 bridgehead atoms. The normalized spacial score (nSPS) is 16.8. The maximum absolute atomic E-state index is 14.1. The lowest BCUT2D eigenvalue weighted by atomic mass is 9.86. The van der Waals surface area contributed by atoms with E-state index in [1.54, 1.807) is 36.5 Å². The number of halogens is 3. The number of amides is 1. The van der Waals surface area contributed by atoms with Gasteiger partial charge in [-0.05, 0) is 74.2 Å². The molecule has 0 saturated heterocycles. The smallest absolute Gasteiger partial charge is 0.416 e. The van der Waals surface area contributed by atoms with Crippen LogP contribution >= 0.6 is 0 Å². The van der Waals surface area contributed by atoms with Gasteiger partial charge in [0.2, 0.25) is 0 Å². The molecule has 0 aliphatic heterocycles. The van der Waals surface area contributed by atoms with Crippen LogP contribution in [-0.4, -0.2) is 61.7 Å². The van der Waals surface area contributed by atoms with Crippen molar-refractivity contribution in [1.82, 2.24) is 29.4 Å². The van der Waals surface area contributed by atoms with Gasteiger partial charge in [-0.2, -0.15) is 23.5 Å². The molecule has 2 aromatic carbocycles. The number of quaternary nitrogens is 1. The quantitative estimate of drug-likeness (QED) is 0.215. The number of nitrogens with one attached hydrogen (secondary N) is 1. The zero-order valence-electron chi connectivity index (χ0n) is 27.5. The summed E-state index contributed by atoms with van der Waals surface area (Å²) in [5.41, 5.74) is -0.474. The lowest BCUT2D eigenvalue weighted by molar-refractivity contribution is -0.884. The van der Waals surface area contributed by atoms with Crippen LogP contribution in [0.4, 0.5) is 13.2 Å². The standard InChI is InChI=1S/C35H35F3N8O3/c1-43-31(29-16-17-41-44(29)26-14-8-22(19-39)9-15-26)30(34(48)45(43)27-7-5-6-24(18-27)35(36,37)38)32(47)42-25-12-10-23(11-13-25)33-40-20-28(49-33)21-46(2,3)4/h5-9,14-18,20,23,25H,10-13,21H2,1-4H3/p+1. The summed E-state index contributed by atoms with van der Waals surface area (Å²) < 4.78 is 51.7. The molecule has 0 atom stereocenters. The Kier molecular flexibility index (Phi) is 8.81. The van der Waals surface area contributed by atoms with Crippen molar-refractivity contribution in [1.29, 1.82) is 5.26 Å². The maximum atomic E-state index is 14.1. The van der Waals surface area contributed by atoms with Gasteiger partial charge in [-0.3, -0.25) is 14.3 Å². The minimum absolute atomic E-state index is 0.0526. The third kappa shape index (κ3) is 6.93. The van der Waals surface area contributed by atoms with Crippen LogP contribution in [-0.2, 0) is 19.8 Å². The van der Waals surface area contributed by atoms with Crippen molar-refractivity contribution in [3.8, 4) is 28.8 Å². The molecule has 1 aliphatic rings. The topological polar surface area (TPSA) is 124 Å². The first-order chi connectivity index (χ1) is 23.2. The lowest BCUT2D eigenvalue weighted by Gasteiger charge is -2.27. The van der Waals surface area contributed by atoms with E-state index in [1.165, 1.54) is 34.7 Å². The molecule has 0 radical (unpaired) electrons. The van der Waals surface area contributed by atoms with Crippen LogP contribution in [0.2, 0.25) is 0 Å². The van der Waals surface area contributed by atoms with Gasteiger partial charge in [0.1, 0.15) is 17.8 Å². The summed E-state index contributed by atoms with van der Waals surface area (Å²) in [4.78, 5) is 32.7. The van der Waals surface area contributed by atoms with Gasteiger partial charge in [-0.1, -0.05) is 6.07 Å². The lowest BCUT2D eigenvalue weighted by Crippen LogP contribution is -2.39. The molecule has 1 fully saturated rings. The summed E-state index contributed by atoms with van der Waals surface area (Å²) in [6, 6.07) is 14.4. The summed E-state index contributed by atoms with van der Waals surface area (Å²) in [6.45, 7) is 0.708. The second-order valence-electron chi connectivity index (χ2n) is 13.3.